The molecule has 4 nitrogen and oxygen atoms in total. The minimum Gasteiger partial charge on any atom is -0.542 e. The zero-order valence-corrected chi connectivity index (χ0v) is 12.2. The van der Waals surface area contributed by atoms with E-state index in [0.717, 1.165) is 13.0 Å². The van der Waals surface area contributed by atoms with Gasteiger partial charge in [-0.25, -0.2) is 0 Å². The normalized spacial score (nSPS) is 9.67. The predicted octanol–water partition coefficient (Wildman–Crippen LogP) is 0.944. The van der Waals surface area contributed by atoms with Crippen LogP contribution in [0.4, 0.5) is 0 Å². The molecular weight excluding hydrogens is 273 g/mol. The quantitative estimate of drug-likeness (QED) is 0.420. The summed E-state index contributed by atoms with van der Waals surface area (Å²) < 4.78 is 15.5. The molecule has 0 heterocycles. The van der Waals surface area contributed by atoms with Gasteiger partial charge in [-0.05, 0) is 6.42 Å². The van der Waals surface area contributed by atoms with Gasteiger partial charge in [0.1, 0.15) is 0 Å². The molecule has 0 unspecified atom stereocenters. The summed E-state index contributed by atoms with van der Waals surface area (Å²) in [6.07, 6.45) is 3.12. The first kappa shape index (κ1) is 18.0. The van der Waals surface area contributed by atoms with Crippen LogP contribution in [-0.2, 0) is 51.7 Å². The molecule has 1 radical (unpaired) electrons. The summed E-state index contributed by atoms with van der Waals surface area (Å²) in [7, 11) is 0. The van der Waals surface area contributed by atoms with Gasteiger partial charge in [-0.3, -0.25) is 6.29 Å². The van der Waals surface area contributed by atoms with E-state index in [4.69, 9.17) is 14.2 Å². The van der Waals surface area contributed by atoms with Crippen LogP contribution >= 0.6 is 0 Å². The second-order valence-electron chi connectivity index (χ2n) is 2.73. The first-order valence-corrected chi connectivity index (χ1v) is 5.00. The smallest absolute Gasteiger partial charge is 0.0701 e. The van der Waals surface area contributed by atoms with Gasteiger partial charge in [0.15, 0.2) is 0 Å². The van der Waals surface area contributed by atoms with E-state index in [1.165, 1.54) is 0 Å². The van der Waals surface area contributed by atoms with Crippen LogP contribution in [0.2, 0.25) is 0 Å². The van der Waals surface area contributed by atoms with Crippen molar-refractivity contribution in [2.24, 2.45) is 0 Å². The maximum absolute atomic E-state index is 9.79. The fourth-order valence-corrected chi connectivity index (χ4v) is 0.800. The van der Waals surface area contributed by atoms with Crippen LogP contribution < -0.4 is 0 Å². The van der Waals surface area contributed by atoms with E-state index in [0.29, 0.717) is 39.5 Å². The standard InChI is InChI=1S/C10H19O4.Y/c1-2-5-12-7-9-14-10-8-13-6-3-4-11;/h2-3,5-10H2,1H3;/q-1;. The van der Waals surface area contributed by atoms with E-state index in [1.54, 1.807) is 6.29 Å². The Labute approximate surface area is 117 Å². The fourth-order valence-electron chi connectivity index (χ4n) is 0.800. The monoisotopic (exact) mass is 292 g/mol. The van der Waals surface area contributed by atoms with Gasteiger partial charge in [-0.1, -0.05) is 6.92 Å². The molecule has 0 amide bonds. The van der Waals surface area contributed by atoms with Gasteiger partial charge >= 0.3 is 0 Å². The molecule has 0 aliphatic heterocycles. The van der Waals surface area contributed by atoms with Gasteiger partial charge in [0.25, 0.3) is 0 Å². The van der Waals surface area contributed by atoms with Crippen LogP contribution in [0.1, 0.15) is 19.8 Å². The fraction of sp³-hybridized carbons (Fsp3) is 0.900. The van der Waals surface area contributed by atoms with Crippen molar-refractivity contribution in [3.8, 4) is 0 Å². The first-order chi connectivity index (χ1) is 6.91. The van der Waals surface area contributed by atoms with Crippen molar-refractivity contribution < 1.29 is 51.7 Å². The van der Waals surface area contributed by atoms with Crippen LogP contribution in [-0.4, -0.2) is 45.9 Å². The number of carbonyl (C=O) groups excluding carboxylic acids is 1. The Kier molecular flexibility index (Phi) is 20.5. The topological polar surface area (TPSA) is 44.8 Å². The van der Waals surface area contributed by atoms with Crippen molar-refractivity contribution in [2.75, 3.05) is 39.6 Å². The van der Waals surface area contributed by atoms with Crippen LogP contribution in [0.5, 0.6) is 0 Å². The summed E-state index contributed by atoms with van der Waals surface area (Å²) in [5.74, 6) is 0. The zero-order chi connectivity index (χ0) is 10.5. The second kappa shape index (κ2) is 17.1. The number of rotatable bonds is 11. The largest absolute Gasteiger partial charge is 0.542 e. The van der Waals surface area contributed by atoms with E-state index in [1.807, 2.05) is 0 Å². The molecule has 87 valence electrons. The maximum Gasteiger partial charge on any atom is 0.0701 e. The first-order valence-electron chi connectivity index (χ1n) is 5.00. The van der Waals surface area contributed by atoms with E-state index in [9.17, 15) is 4.79 Å². The van der Waals surface area contributed by atoms with Crippen molar-refractivity contribution in [1.82, 2.24) is 0 Å². The average molecular weight is 292 g/mol. The van der Waals surface area contributed by atoms with Gasteiger partial charge in [0.05, 0.1) is 26.4 Å². The van der Waals surface area contributed by atoms with Gasteiger partial charge in [0, 0.05) is 45.9 Å². The van der Waals surface area contributed by atoms with Crippen molar-refractivity contribution in [1.29, 1.82) is 0 Å². The van der Waals surface area contributed by atoms with Gasteiger partial charge in [-0.15, -0.1) is 6.42 Å². The van der Waals surface area contributed by atoms with Gasteiger partial charge in [0.2, 0.25) is 0 Å². The van der Waals surface area contributed by atoms with Gasteiger partial charge in [-0.2, -0.15) is 0 Å². The number of ether oxygens (including phenoxy) is 3. The molecule has 0 aromatic rings. The maximum atomic E-state index is 9.79. The van der Waals surface area contributed by atoms with Crippen LogP contribution in [0.25, 0.3) is 0 Å². The Morgan fingerprint density at radius 1 is 0.867 bits per heavy atom. The summed E-state index contributed by atoms with van der Waals surface area (Å²) in [6.45, 7) is 5.59. The molecule has 0 aliphatic carbocycles. The number of hydrogen-bond donors (Lipinski definition) is 0. The molecule has 15 heavy (non-hydrogen) atoms. The summed E-state index contributed by atoms with van der Waals surface area (Å²) in [4.78, 5) is 9.79. The predicted molar refractivity (Wildman–Crippen MR) is 53.1 cm³/mol. The van der Waals surface area contributed by atoms with E-state index in [2.05, 4.69) is 6.92 Å². The van der Waals surface area contributed by atoms with Crippen molar-refractivity contribution in [3.05, 3.63) is 0 Å². The summed E-state index contributed by atoms with van der Waals surface area (Å²) in [6, 6.07) is 0. The van der Waals surface area contributed by atoms with Crippen molar-refractivity contribution in [2.45, 2.75) is 19.8 Å². The molecule has 0 aliphatic rings. The molecule has 0 spiro atoms. The Balaban J connectivity index is 0. The Morgan fingerprint density at radius 3 is 1.80 bits per heavy atom. The SMILES string of the molecule is CCCOCCOCCOCC[C-]=O.[Y]. The van der Waals surface area contributed by atoms with Crippen LogP contribution in [0.15, 0.2) is 0 Å². The molecule has 0 atom stereocenters. The number of hydrogen-bond acceptors (Lipinski definition) is 4. The van der Waals surface area contributed by atoms with Gasteiger partial charge < -0.3 is 19.0 Å². The van der Waals surface area contributed by atoms with Crippen LogP contribution in [0.3, 0.4) is 0 Å². The molecule has 0 aromatic heterocycles. The summed E-state index contributed by atoms with van der Waals surface area (Å²) in [5.41, 5.74) is 0. The molecule has 0 bridgehead atoms. The minimum atomic E-state index is 0. The molecule has 5 heteroatoms. The molecule has 0 aromatic carbocycles. The Hall–Kier alpha value is 0.654. The molecule has 0 fully saturated rings. The minimum absolute atomic E-state index is 0. The molecule has 0 saturated heterocycles. The zero-order valence-electron chi connectivity index (χ0n) is 9.37. The summed E-state index contributed by atoms with van der Waals surface area (Å²) >= 11 is 0. The molecule has 0 N–H and O–H groups in total. The molecule has 0 rings (SSSR count). The molecular formula is C10H19O4Y-. The third-order valence-electron chi connectivity index (χ3n) is 1.44. The van der Waals surface area contributed by atoms with Crippen molar-refractivity contribution >= 4 is 6.29 Å². The van der Waals surface area contributed by atoms with E-state index in [-0.39, 0.29) is 32.7 Å². The third-order valence-corrected chi connectivity index (χ3v) is 1.44. The Bertz CT molecular complexity index is 122. The average Bonchev–Trinajstić information content (AvgIpc) is 2.21. The summed E-state index contributed by atoms with van der Waals surface area (Å²) in [5, 5.41) is 0. The second-order valence-corrected chi connectivity index (χ2v) is 2.73. The Morgan fingerprint density at radius 2 is 1.33 bits per heavy atom. The molecule has 0 saturated carbocycles. The van der Waals surface area contributed by atoms with Crippen LogP contribution in [0, 0.1) is 0 Å². The van der Waals surface area contributed by atoms with E-state index >= 15 is 0 Å². The van der Waals surface area contributed by atoms with Crippen molar-refractivity contribution in [3.63, 3.8) is 0 Å². The van der Waals surface area contributed by atoms with E-state index < -0.39 is 0 Å². The third kappa shape index (κ3) is 17.3.